The summed E-state index contributed by atoms with van der Waals surface area (Å²) in [6.45, 7) is 1.48. The first-order valence-corrected chi connectivity index (χ1v) is 3.05. The zero-order chi connectivity index (χ0) is 7.28. The van der Waals surface area contributed by atoms with Gasteiger partial charge in [0.05, 0.1) is 0 Å². The van der Waals surface area contributed by atoms with Crippen LogP contribution < -0.4 is 5.73 Å². The highest BCUT2D eigenvalue weighted by atomic mass is 16.3. The van der Waals surface area contributed by atoms with Gasteiger partial charge < -0.3 is 10.8 Å². The van der Waals surface area contributed by atoms with Crippen LogP contribution in [0.4, 0.5) is 0 Å². The summed E-state index contributed by atoms with van der Waals surface area (Å²) in [5.74, 6) is -0.132. The number of Topliss-reactive ketones (excluding diaryl/α,β-unsaturated/α-hetero) is 1. The van der Waals surface area contributed by atoms with Crippen LogP contribution >= 0.6 is 0 Å². The lowest BCUT2D eigenvalue weighted by Gasteiger charge is -2.00. The summed E-state index contributed by atoms with van der Waals surface area (Å²) in [4.78, 5) is 10.4. The molecular weight excluding hydrogens is 118 g/mol. The fraction of sp³-hybridized carbons (Fsp3) is 0.833. The normalized spacial score (nSPS) is 13.2. The second kappa shape index (κ2) is 4.47. The van der Waals surface area contributed by atoms with Gasteiger partial charge >= 0.3 is 0 Å². The minimum Gasteiger partial charge on any atom is -0.389 e. The maximum absolute atomic E-state index is 10.4. The Labute approximate surface area is 54.9 Å². The zero-order valence-electron chi connectivity index (χ0n) is 5.63. The topological polar surface area (TPSA) is 63.3 Å². The molecule has 9 heavy (non-hydrogen) atoms. The molecule has 0 amide bonds. The van der Waals surface area contributed by atoms with Crippen LogP contribution in [0.3, 0.4) is 0 Å². The number of rotatable bonds is 4. The summed E-state index contributed by atoms with van der Waals surface area (Å²) in [5.41, 5.74) is 5.36. The number of hydrogen-bond acceptors (Lipinski definition) is 3. The molecule has 0 rings (SSSR count). The van der Waals surface area contributed by atoms with E-state index in [2.05, 4.69) is 0 Å². The maximum atomic E-state index is 10.4. The lowest BCUT2D eigenvalue weighted by atomic mass is 10.1. The van der Waals surface area contributed by atoms with Gasteiger partial charge in [0, 0.05) is 12.5 Å². The van der Waals surface area contributed by atoms with Crippen molar-refractivity contribution in [3.8, 4) is 0 Å². The van der Waals surface area contributed by atoms with Crippen molar-refractivity contribution in [3.05, 3.63) is 0 Å². The number of nitrogens with two attached hydrogens (primary N) is 1. The number of carbonyl (C=O) groups excluding carboxylic acids is 1. The molecule has 3 heteroatoms. The maximum Gasteiger partial charge on any atom is 0.158 e. The standard InChI is InChI=1S/C6H13NO2/c1-5(7)2-3-6(9)4-8/h5,8H,2-4,7H2,1H3/t5-/m0/s1. The largest absolute Gasteiger partial charge is 0.389 e. The van der Waals surface area contributed by atoms with Gasteiger partial charge in [0.25, 0.3) is 0 Å². The highest BCUT2D eigenvalue weighted by molar-refractivity contribution is 5.79. The molecule has 0 aliphatic rings. The van der Waals surface area contributed by atoms with Crippen LogP contribution in [0.1, 0.15) is 19.8 Å². The number of ketones is 1. The number of aliphatic hydroxyl groups is 1. The van der Waals surface area contributed by atoms with Gasteiger partial charge in [0.1, 0.15) is 6.61 Å². The van der Waals surface area contributed by atoms with E-state index < -0.39 is 0 Å². The fourth-order valence-electron chi connectivity index (χ4n) is 0.468. The predicted octanol–water partition coefficient (Wildman–Crippen LogP) is -0.325. The fourth-order valence-corrected chi connectivity index (χ4v) is 0.468. The molecule has 0 saturated heterocycles. The molecule has 54 valence electrons. The molecule has 0 saturated carbocycles. The minimum absolute atomic E-state index is 0.0560. The van der Waals surface area contributed by atoms with E-state index in [4.69, 9.17) is 10.8 Å². The highest BCUT2D eigenvalue weighted by Gasteiger charge is 2.00. The van der Waals surface area contributed by atoms with Gasteiger partial charge in [-0.3, -0.25) is 4.79 Å². The van der Waals surface area contributed by atoms with E-state index in [1.807, 2.05) is 6.92 Å². The summed E-state index contributed by atoms with van der Waals surface area (Å²) in [6, 6.07) is 0.0560. The van der Waals surface area contributed by atoms with Crippen LogP contribution in [0, 0.1) is 0 Å². The van der Waals surface area contributed by atoms with Crippen molar-refractivity contribution >= 4 is 5.78 Å². The van der Waals surface area contributed by atoms with Crippen LogP contribution in [0.25, 0.3) is 0 Å². The van der Waals surface area contributed by atoms with E-state index in [1.165, 1.54) is 0 Å². The molecule has 0 aromatic heterocycles. The molecular formula is C6H13NO2. The van der Waals surface area contributed by atoms with Crippen molar-refractivity contribution in [1.29, 1.82) is 0 Å². The summed E-state index contributed by atoms with van der Waals surface area (Å²) >= 11 is 0. The zero-order valence-corrected chi connectivity index (χ0v) is 5.63. The van der Waals surface area contributed by atoms with E-state index in [9.17, 15) is 4.79 Å². The van der Waals surface area contributed by atoms with Crippen LogP contribution in [-0.2, 0) is 4.79 Å². The Bertz CT molecular complexity index is 91.1. The highest BCUT2D eigenvalue weighted by Crippen LogP contribution is 1.93. The lowest BCUT2D eigenvalue weighted by molar-refractivity contribution is -0.121. The van der Waals surface area contributed by atoms with Gasteiger partial charge in [-0.2, -0.15) is 0 Å². The molecule has 1 atom stereocenters. The second-order valence-electron chi connectivity index (χ2n) is 2.21. The molecule has 3 N–H and O–H groups in total. The van der Waals surface area contributed by atoms with Gasteiger partial charge in [0.2, 0.25) is 0 Å². The third kappa shape index (κ3) is 5.46. The van der Waals surface area contributed by atoms with E-state index in [-0.39, 0.29) is 18.4 Å². The molecule has 0 unspecified atom stereocenters. The van der Waals surface area contributed by atoms with Crippen molar-refractivity contribution in [2.45, 2.75) is 25.8 Å². The van der Waals surface area contributed by atoms with Gasteiger partial charge in [0.15, 0.2) is 5.78 Å². The Kier molecular flexibility index (Phi) is 4.26. The third-order valence-corrected chi connectivity index (χ3v) is 1.05. The monoisotopic (exact) mass is 131 g/mol. The quantitative estimate of drug-likeness (QED) is 0.549. The number of hydrogen-bond donors (Lipinski definition) is 2. The van der Waals surface area contributed by atoms with E-state index in [0.717, 1.165) is 0 Å². The van der Waals surface area contributed by atoms with Crippen LogP contribution in [-0.4, -0.2) is 23.5 Å². The molecule has 0 aromatic rings. The third-order valence-electron chi connectivity index (χ3n) is 1.05. The first-order valence-electron chi connectivity index (χ1n) is 3.05. The smallest absolute Gasteiger partial charge is 0.158 e. The predicted molar refractivity (Wildman–Crippen MR) is 35.0 cm³/mol. The number of aliphatic hydroxyl groups excluding tert-OH is 1. The average molecular weight is 131 g/mol. The molecule has 0 aliphatic heterocycles. The Morgan fingerprint density at radius 3 is 2.67 bits per heavy atom. The minimum atomic E-state index is -0.354. The molecule has 0 radical (unpaired) electrons. The van der Waals surface area contributed by atoms with E-state index >= 15 is 0 Å². The first kappa shape index (κ1) is 8.59. The van der Waals surface area contributed by atoms with Crippen molar-refractivity contribution in [1.82, 2.24) is 0 Å². The lowest BCUT2D eigenvalue weighted by Crippen LogP contribution is -2.17. The van der Waals surface area contributed by atoms with Crippen LogP contribution in [0.2, 0.25) is 0 Å². The summed E-state index contributed by atoms with van der Waals surface area (Å²) in [5, 5.41) is 8.26. The summed E-state index contributed by atoms with van der Waals surface area (Å²) in [7, 11) is 0. The van der Waals surface area contributed by atoms with Gasteiger partial charge in [-0.1, -0.05) is 0 Å². The van der Waals surface area contributed by atoms with Crippen molar-refractivity contribution in [2.24, 2.45) is 5.73 Å². The molecule has 0 bridgehead atoms. The summed E-state index contributed by atoms with van der Waals surface area (Å²) in [6.07, 6.45) is 1.06. The van der Waals surface area contributed by atoms with Gasteiger partial charge in [-0.15, -0.1) is 0 Å². The molecule has 0 fully saturated rings. The Hall–Kier alpha value is -0.410. The number of carbonyl (C=O) groups is 1. The van der Waals surface area contributed by atoms with Gasteiger partial charge in [-0.25, -0.2) is 0 Å². The Morgan fingerprint density at radius 1 is 1.78 bits per heavy atom. The molecule has 3 nitrogen and oxygen atoms in total. The van der Waals surface area contributed by atoms with Gasteiger partial charge in [-0.05, 0) is 13.3 Å². The molecule has 0 aromatic carbocycles. The Balaban J connectivity index is 3.17. The van der Waals surface area contributed by atoms with Crippen molar-refractivity contribution in [3.63, 3.8) is 0 Å². The SMILES string of the molecule is C[C@H](N)CCC(=O)CO. The molecule has 0 heterocycles. The molecule has 0 aliphatic carbocycles. The molecule has 0 spiro atoms. The van der Waals surface area contributed by atoms with Crippen LogP contribution in [0.15, 0.2) is 0 Å². The summed E-state index contributed by atoms with van der Waals surface area (Å²) < 4.78 is 0. The first-order chi connectivity index (χ1) is 4.16. The second-order valence-corrected chi connectivity index (χ2v) is 2.21. The average Bonchev–Trinajstić information content (AvgIpc) is 1.83. The van der Waals surface area contributed by atoms with E-state index in [0.29, 0.717) is 12.8 Å². The van der Waals surface area contributed by atoms with Crippen LogP contribution in [0.5, 0.6) is 0 Å². The van der Waals surface area contributed by atoms with Crippen molar-refractivity contribution in [2.75, 3.05) is 6.61 Å². The Morgan fingerprint density at radius 2 is 2.33 bits per heavy atom. The van der Waals surface area contributed by atoms with Crippen molar-refractivity contribution < 1.29 is 9.90 Å². The van der Waals surface area contributed by atoms with E-state index in [1.54, 1.807) is 0 Å².